The second-order valence-corrected chi connectivity index (χ2v) is 2.68. The third kappa shape index (κ3) is 2.10. The van der Waals surface area contributed by atoms with Gasteiger partial charge in [-0.05, 0) is 12.1 Å². The Morgan fingerprint density at radius 1 is 1.33 bits per heavy atom. The van der Waals surface area contributed by atoms with Crippen LogP contribution in [0.5, 0.6) is 0 Å². The first-order valence-electron chi connectivity index (χ1n) is 3.88. The van der Waals surface area contributed by atoms with Crippen molar-refractivity contribution in [2.45, 2.75) is 6.10 Å². The largest absolute Gasteiger partial charge is 0.467 e. The molecule has 0 saturated heterocycles. The SMILES string of the molecule is COC(=O)C(O)c1c(F)ccc(F)c1F. The van der Waals surface area contributed by atoms with Gasteiger partial charge in [-0.3, -0.25) is 0 Å². The van der Waals surface area contributed by atoms with E-state index in [1.165, 1.54) is 0 Å². The van der Waals surface area contributed by atoms with E-state index in [-0.39, 0.29) is 0 Å². The van der Waals surface area contributed by atoms with Crippen LogP contribution >= 0.6 is 0 Å². The molecule has 0 spiro atoms. The molecule has 1 aromatic rings. The average Bonchev–Trinajstić information content (AvgIpc) is 2.22. The third-order valence-corrected chi connectivity index (χ3v) is 1.78. The Balaban J connectivity index is 3.24. The van der Waals surface area contributed by atoms with Gasteiger partial charge in [-0.25, -0.2) is 18.0 Å². The summed E-state index contributed by atoms with van der Waals surface area (Å²) in [6.45, 7) is 0. The summed E-state index contributed by atoms with van der Waals surface area (Å²) in [7, 11) is 0.931. The van der Waals surface area contributed by atoms with Crippen LogP contribution < -0.4 is 0 Å². The van der Waals surface area contributed by atoms with Gasteiger partial charge in [0.25, 0.3) is 0 Å². The molecule has 0 radical (unpaired) electrons. The van der Waals surface area contributed by atoms with E-state index in [2.05, 4.69) is 4.74 Å². The van der Waals surface area contributed by atoms with Crippen LogP contribution in [0.25, 0.3) is 0 Å². The fraction of sp³-hybridized carbons (Fsp3) is 0.222. The highest BCUT2D eigenvalue weighted by molar-refractivity contribution is 5.76. The van der Waals surface area contributed by atoms with Gasteiger partial charge in [0.2, 0.25) is 0 Å². The molecular weight excluding hydrogens is 213 g/mol. The predicted octanol–water partition coefficient (Wildman–Crippen LogP) is 1.31. The molecule has 1 rings (SSSR count). The predicted molar refractivity (Wildman–Crippen MR) is 43.3 cm³/mol. The monoisotopic (exact) mass is 220 g/mol. The number of ether oxygens (including phenoxy) is 1. The van der Waals surface area contributed by atoms with Crippen molar-refractivity contribution >= 4 is 5.97 Å². The van der Waals surface area contributed by atoms with Crippen LogP contribution in [0.1, 0.15) is 11.7 Å². The molecule has 0 aromatic heterocycles. The van der Waals surface area contributed by atoms with E-state index in [1.54, 1.807) is 0 Å². The quantitative estimate of drug-likeness (QED) is 0.603. The van der Waals surface area contributed by atoms with Crippen molar-refractivity contribution in [3.8, 4) is 0 Å². The van der Waals surface area contributed by atoms with Crippen molar-refractivity contribution in [2.24, 2.45) is 0 Å². The van der Waals surface area contributed by atoms with Gasteiger partial charge in [0.1, 0.15) is 5.82 Å². The number of methoxy groups -OCH3 is 1. The fourth-order valence-electron chi connectivity index (χ4n) is 1.02. The van der Waals surface area contributed by atoms with Crippen LogP contribution in [-0.4, -0.2) is 18.2 Å². The summed E-state index contributed by atoms with van der Waals surface area (Å²) in [5.41, 5.74) is -1.05. The van der Waals surface area contributed by atoms with Gasteiger partial charge in [0.05, 0.1) is 12.7 Å². The number of hydrogen-bond acceptors (Lipinski definition) is 3. The molecule has 6 heteroatoms. The maximum Gasteiger partial charge on any atom is 0.339 e. The molecule has 0 heterocycles. The molecular formula is C9H7F3O3. The molecule has 1 N–H and O–H groups in total. The Morgan fingerprint density at radius 3 is 2.40 bits per heavy atom. The summed E-state index contributed by atoms with van der Waals surface area (Å²) >= 11 is 0. The molecule has 15 heavy (non-hydrogen) atoms. The molecule has 0 bridgehead atoms. The first-order valence-corrected chi connectivity index (χ1v) is 3.88. The standard InChI is InChI=1S/C9H7F3O3/c1-15-9(14)8(13)6-4(10)2-3-5(11)7(6)12/h2-3,8,13H,1H3. The zero-order chi connectivity index (χ0) is 11.6. The lowest BCUT2D eigenvalue weighted by Gasteiger charge is -2.10. The molecule has 0 aliphatic carbocycles. The Labute approximate surface area is 83.1 Å². The Morgan fingerprint density at radius 2 is 1.87 bits per heavy atom. The Bertz CT molecular complexity index is 392. The number of esters is 1. The number of hydrogen-bond donors (Lipinski definition) is 1. The van der Waals surface area contributed by atoms with Gasteiger partial charge < -0.3 is 9.84 Å². The van der Waals surface area contributed by atoms with Crippen molar-refractivity contribution in [3.05, 3.63) is 35.1 Å². The number of aliphatic hydroxyl groups is 1. The molecule has 0 saturated carbocycles. The third-order valence-electron chi connectivity index (χ3n) is 1.78. The smallest absolute Gasteiger partial charge is 0.339 e. The summed E-state index contributed by atoms with van der Waals surface area (Å²) in [5, 5.41) is 9.15. The van der Waals surface area contributed by atoms with Gasteiger partial charge in [0, 0.05) is 0 Å². The van der Waals surface area contributed by atoms with Gasteiger partial charge in [-0.1, -0.05) is 0 Å². The lowest BCUT2D eigenvalue weighted by atomic mass is 10.1. The summed E-state index contributed by atoms with van der Waals surface area (Å²) in [4.78, 5) is 10.8. The summed E-state index contributed by atoms with van der Waals surface area (Å²) in [6, 6.07) is 1.16. The first kappa shape index (κ1) is 11.5. The second kappa shape index (κ2) is 4.31. The topological polar surface area (TPSA) is 46.5 Å². The lowest BCUT2D eigenvalue weighted by molar-refractivity contribution is -0.151. The van der Waals surface area contributed by atoms with Crippen molar-refractivity contribution in [3.63, 3.8) is 0 Å². The number of benzene rings is 1. The number of carbonyl (C=O) groups is 1. The average molecular weight is 220 g/mol. The van der Waals surface area contributed by atoms with Crippen LogP contribution in [-0.2, 0) is 9.53 Å². The Kier molecular flexibility index (Phi) is 3.31. The normalized spacial score (nSPS) is 12.3. The minimum Gasteiger partial charge on any atom is -0.467 e. The van der Waals surface area contributed by atoms with Crippen LogP contribution in [0.3, 0.4) is 0 Å². The van der Waals surface area contributed by atoms with Gasteiger partial charge >= 0.3 is 5.97 Å². The molecule has 82 valence electrons. The summed E-state index contributed by atoms with van der Waals surface area (Å²) in [6.07, 6.45) is -2.18. The maximum atomic E-state index is 13.0. The number of halogens is 3. The highest BCUT2D eigenvalue weighted by Crippen LogP contribution is 2.23. The molecule has 1 unspecified atom stereocenters. The van der Waals surface area contributed by atoms with E-state index in [0.29, 0.717) is 12.1 Å². The lowest BCUT2D eigenvalue weighted by Crippen LogP contribution is -2.17. The minimum atomic E-state index is -2.18. The zero-order valence-corrected chi connectivity index (χ0v) is 7.63. The molecule has 1 aromatic carbocycles. The fourth-order valence-corrected chi connectivity index (χ4v) is 1.02. The molecule has 0 aliphatic rings. The van der Waals surface area contributed by atoms with E-state index >= 15 is 0 Å². The highest BCUT2D eigenvalue weighted by Gasteiger charge is 2.27. The van der Waals surface area contributed by atoms with E-state index in [1.807, 2.05) is 0 Å². The molecule has 1 atom stereocenters. The van der Waals surface area contributed by atoms with Crippen LogP contribution in [0.4, 0.5) is 13.2 Å². The first-order chi connectivity index (χ1) is 6.99. The molecule has 3 nitrogen and oxygen atoms in total. The van der Waals surface area contributed by atoms with Crippen LogP contribution in [0, 0.1) is 17.5 Å². The Hall–Kier alpha value is -1.56. The number of carbonyl (C=O) groups excluding carboxylic acids is 1. The molecule has 0 fully saturated rings. The molecule has 0 amide bonds. The van der Waals surface area contributed by atoms with Crippen molar-refractivity contribution in [1.29, 1.82) is 0 Å². The van der Waals surface area contributed by atoms with Crippen LogP contribution in [0.2, 0.25) is 0 Å². The van der Waals surface area contributed by atoms with Gasteiger partial charge in [0.15, 0.2) is 17.7 Å². The van der Waals surface area contributed by atoms with E-state index in [0.717, 1.165) is 7.11 Å². The van der Waals surface area contributed by atoms with Crippen LogP contribution in [0.15, 0.2) is 12.1 Å². The van der Waals surface area contributed by atoms with E-state index < -0.39 is 35.1 Å². The summed E-state index contributed by atoms with van der Waals surface area (Å²) < 4.78 is 42.8. The highest BCUT2D eigenvalue weighted by atomic mass is 19.2. The number of rotatable bonds is 2. The number of aliphatic hydroxyl groups excluding tert-OH is 1. The van der Waals surface area contributed by atoms with Gasteiger partial charge in [-0.15, -0.1) is 0 Å². The van der Waals surface area contributed by atoms with E-state index in [4.69, 9.17) is 5.11 Å². The van der Waals surface area contributed by atoms with Crippen molar-refractivity contribution in [2.75, 3.05) is 7.11 Å². The summed E-state index contributed by atoms with van der Waals surface area (Å²) in [5.74, 6) is -5.44. The minimum absolute atomic E-state index is 0.554. The maximum absolute atomic E-state index is 13.0. The molecule has 0 aliphatic heterocycles. The van der Waals surface area contributed by atoms with Gasteiger partial charge in [-0.2, -0.15) is 0 Å². The van der Waals surface area contributed by atoms with Crippen molar-refractivity contribution in [1.82, 2.24) is 0 Å². The van der Waals surface area contributed by atoms with Crippen molar-refractivity contribution < 1.29 is 27.8 Å². The zero-order valence-electron chi connectivity index (χ0n) is 7.63. The van der Waals surface area contributed by atoms with E-state index in [9.17, 15) is 18.0 Å². The second-order valence-electron chi connectivity index (χ2n) is 2.68.